The lowest BCUT2D eigenvalue weighted by atomic mass is 10.1. The molecule has 0 aliphatic heterocycles. The van der Waals surface area contributed by atoms with Crippen LogP contribution in [-0.2, 0) is 16.0 Å². The Labute approximate surface area is 129 Å². The maximum Gasteiger partial charge on any atom is 0.307 e. The topological polar surface area (TPSA) is 90.1 Å². The fourth-order valence-electron chi connectivity index (χ4n) is 1.84. The molecule has 0 unspecified atom stereocenters. The first kappa shape index (κ1) is 15.9. The molecule has 0 fully saturated rings. The second-order valence-electron chi connectivity index (χ2n) is 5.30. The van der Waals surface area contributed by atoms with Gasteiger partial charge in [0.1, 0.15) is 5.82 Å². The number of nitrogens with one attached hydrogen (secondary N) is 1. The van der Waals surface area contributed by atoms with Crippen molar-refractivity contribution in [2.24, 2.45) is 5.92 Å². The normalized spacial score (nSPS) is 10.7. The number of ether oxygens (including phenoxy) is 1. The van der Waals surface area contributed by atoms with Gasteiger partial charge in [0.15, 0.2) is 5.82 Å². The van der Waals surface area contributed by atoms with Crippen LogP contribution in [-0.4, -0.2) is 34.7 Å². The average molecular weight is 304 g/mol. The van der Waals surface area contributed by atoms with Gasteiger partial charge in [-0.1, -0.05) is 19.0 Å². The molecule has 22 heavy (non-hydrogen) atoms. The van der Waals surface area contributed by atoms with Gasteiger partial charge < -0.3 is 14.6 Å². The van der Waals surface area contributed by atoms with Crippen LogP contribution in [0.5, 0.6) is 0 Å². The molecule has 0 amide bonds. The number of anilines is 1. The lowest BCUT2D eigenvalue weighted by Crippen LogP contribution is -2.10. The molecule has 0 aliphatic carbocycles. The Kier molecular flexibility index (Phi) is 5.46. The van der Waals surface area contributed by atoms with E-state index in [0.717, 1.165) is 12.0 Å². The first-order chi connectivity index (χ1) is 10.6. The van der Waals surface area contributed by atoms with Gasteiger partial charge in [-0.3, -0.25) is 4.79 Å². The van der Waals surface area contributed by atoms with Gasteiger partial charge in [0.25, 0.3) is 5.89 Å². The SMILES string of the molecule is COC(=O)CCNc1ccc(-c2nc(CC(C)C)no2)cn1. The van der Waals surface area contributed by atoms with E-state index in [1.165, 1.54) is 7.11 Å². The van der Waals surface area contributed by atoms with E-state index >= 15 is 0 Å². The van der Waals surface area contributed by atoms with E-state index in [9.17, 15) is 4.79 Å². The molecule has 2 aromatic heterocycles. The van der Waals surface area contributed by atoms with E-state index in [1.807, 2.05) is 6.07 Å². The Balaban J connectivity index is 1.93. The van der Waals surface area contributed by atoms with Gasteiger partial charge in [-0.25, -0.2) is 4.98 Å². The van der Waals surface area contributed by atoms with Crippen molar-refractivity contribution in [1.29, 1.82) is 0 Å². The standard InChI is InChI=1S/C15H20N4O3/c1-10(2)8-13-18-15(22-19-13)11-4-5-12(17-9-11)16-7-6-14(20)21-3/h4-5,9-10H,6-8H2,1-3H3,(H,16,17). The number of carbonyl (C=O) groups excluding carboxylic acids is 1. The highest BCUT2D eigenvalue weighted by atomic mass is 16.5. The summed E-state index contributed by atoms with van der Waals surface area (Å²) < 4.78 is 9.80. The summed E-state index contributed by atoms with van der Waals surface area (Å²) in [6.45, 7) is 4.68. The van der Waals surface area contributed by atoms with Crippen molar-refractivity contribution in [3.05, 3.63) is 24.2 Å². The quantitative estimate of drug-likeness (QED) is 0.785. The van der Waals surface area contributed by atoms with Crippen LogP contribution in [0.1, 0.15) is 26.1 Å². The van der Waals surface area contributed by atoms with E-state index in [4.69, 9.17) is 4.52 Å². The van der Waals surface area contributed by atoms with Crippen molar-refractivity contribution in [1.82, 2.24) is 15.1 Å². The molecule has 2 rings (SSSR count). The third-order valence-corrected chi connectivity index (χ3v) is 2.93. The Morgan fingerprint density at radius 1 is 1.41 bits per heavy atom. The first-order valence-corrected chi connectivity index (χ1v) is 7.18. The zero-order valence-corrected chi connectivity index (χ0v) is 13.0. The van der Waals surface area contributed by atoms with E-state index in [0.29, 0.717) is 36.4 Å². The average Bonchev–Trinajstić information content (AvgIpc) is 2.95. The molecule has 0 atom stereocenters. The molecule has 0 bridgehead atoms. The summed E-state index contributed by atoms with van der Waals surface area (Å²) in [5.41, 5.74) is 0.765. The lowest BCUT2D eigenvalue weighted by molar-refractivity contribution is -0.140. The molecule has 0 radical (unpaired) electrons. The van der Waals surface area contributed by atoms with Gasteiger partial charge in [0.05, 0.1) is 19.1 Å². The van der Waals surface area contributed by atoms with Gasteiger partial charge >= 0.3 is 5.97 Å². The van der Waals surface area contributed by atoms with Gasteiger partial charge in [-0.2, -0.15) is 4.98 Å². The largest absolute Gasteiger partial charge is 0.469 e. The van der Waals surface area contributed by atoms with Crippen LogP contribution in [0.4, 0.5) is 5.82 Å². The van der Waals surface area contributed by atoms with Crippen LogP contribution >= 0.6 is 0 Å². The molecule has 0 saturated heterocycles. The number of hydrogen-bond donors (Lipinski definition) is 1. The summed E-state index contributed by atoms with van der Waals surface area (Å²) >= 11 is 0. The van der Waals surface area contributed by atoms with Crippen molar-refractivity contribution in [2.75, 3.05) is 19.0 Å². The molecule has 0 aromatic carbocycles. The highest BCUT2D eigenvalue weighted by Crippen LogP contribution is 2.18. The van der Waals surface area contributed by atoms with Crippen LogP contribution < -0.4 is 5.32 Å². The van der Waals surface area contributed by atoms with Crippen molar-refractivity contribution in [3.63, 3.8) is 0 Å². The van der Waals surface area contributed by atoms with Gasteiger partial charge in [-0.15, -0.1) is 0 Å². The minimum absolute atomic E-state index is 0.257. The molecule has 2 aromatic rings. The minimum atomic E-state index is -0.257. The third kappa shape index (κ3) is 4.54. The van der Waals surface area contributed by atoms with E-state index in [2.05, 4.69) is 39.0 Å². The number of nitrogens with zero attached hydrogens (tertiary/aromatic N) is 3. The number of esters is 1. The molecular weight excluding hydrogens is 284 g/mol. The number of carbonyl (C=O) groups is 1. The van der Waals surface area contributed by atoms with E-state index in [-0.39, 0.29) is 5.97 Å². The molecule has 2 heterocycles. The molecule has 7 nitrogen and oxygen atoms in total. The highest BCUT2D eigenvalue weighted by molar-refractivity contribution is 5.69. The first-order valence-electron chi connectivity index (χ1n) is 7.18. The summed E-state index contributed by atoms with van der Waals surface area (Å²) in [4.78, 5) is 19.6. The van der Waals surface area contributed by atoms with Gasteiger partial charge in [0.2, 0.25) is 0 Å². The second kappa shape index (κ2) is 7.53. The summed E-state index contributed by atoms with van der Waals surface area (Å²) in [7, 11) is 1.37. The van der Waals surface area contributed by atoms with Crippen LogP contribution in [0.25, 0.3) is 11.5 Å². The predicted molar refractivity (Wildman–Crippen MR) is 81.2 cm³/mol. The van der Waals surface area contributed by atoms with Crippen LogP contribution in [0.15, 0.2) is 22.9 Å². The Bertz CT molecular complexity index is 608. The Hall–Kier alpha value is -2.44. The van der Waals surface area contributed by atoms with Crippen molar-refractivity contribution in [3.8, 4) is 11.5 Å². The van der Waals surface area contributed by atoms with E-state index in [1.54, 1.807) is 12.3 Å². The van der Waals surface area contributed by atoms with Crippen LogP contribution in [0.3, 0.4) is 0 Å². The van der Waals surface area contributed by atoms with Gasteiger partial charge in [0, 0.05) is 19.2 Å². The summed E-state index contributed by atoms with van der Waals surface area (Å²) in [5.74, 6) is 2.06. The molecule has 1 N–H and O–H groups in total. The maximum absolute atomic E-state index is 11.0. The number of pyridine rings is 1. The van der Waals surface area contributed by atoms with Crippen molar-refractivity contribution < 1.29 is 14.1 Å². The molecule has 0 aliphatic rings. The number of methoxy groups -OCH3 is 1. The third-order valence-electron chi connectivity index (χ3n) is 2.93. The predicted octanol–water partition coefficient (Wildman–Crippen LogP) is 2.31. The summed E-state index contributed by atoms with van der Waals surface area (Å²) in [5, 5.41) is 6.99. The van der Waals surface area contributed by atoms with Crippen molar-refractivity contribution >= 4 is 11.8 Å². The molecule has 0 spiro atoms. The maximum atomic E-state index is 11.0. The summed E-state index contributed by atoms with van der Waals surface area (Å²) in [6, 6.07) is 3.65. The van der Waals surface area contributed by atoms with Gasteiger partial charge in [-0.05, 0) is 18.1 Å². The Morgan fingerprint density at radius 3 is 2.86 bits per heavy atom. The van der Waals surface area contributed by atoms with Crippen LogP contribution in [0.2, 0.25) is 0 Å². The fourth-order valence-corrected chi connectivity index (χ4v) is 1.84. The Morgan fingerprint density at radius 2 is 2.23 bits per heavy atom. The molecular formula is C15H20N4O3. The number of rotatable bonds is 7. The fraction of sp³-hybridized carbons (Fsp3) is 0.467. The van der Waals surface area contributed by atoms with E-state index < -0.39 is 0 Å². The highest BCUT2D eigenvalue weighted by Gasteiger charge is 2.10. The zero-order chi connectivity index (χ0) is 15.9. The number of hydrogen-bond acceptors (Lipinski definition) is 7. The van der Waals surface area contributed by atoms with Crippen LogP contribution in [0, 0.1) is 5.92 Å². The zero-order valence-electron chi connectivity index (χ0n) is 13.0. The second-order valence-corrected chi connectivity index (χ2v) is 5.30. The smallest absolute Gasteiger partial charge is 0.307 e. The monoisotopic (exact) mass is 304 g/mol. The van der Waals surface area contributed by atoms with Crippen molar-refractivity contribution in [2.45, 2.75) is 26.7 Å². The molecule has 7 heteroatoms. The molecule has 118 valence electrons. The minimum Gasteiger partial charge on any atom is -0.469 e. The lowest BCUT2D eigenvalue weighted by Gasteiger charge is -2.04. The summed E-state index contributed by atoms with van der Waals surface area (Å²) in [6.07, 6.45) is 2.74. The number of aromatic nitrogens is 3. The molecule has 0 saturated carbocycles.